The average Bonchev–Trinajstić information content (AvgIpc) is 3.30. The lowest BCUT2D eigenvalue weighted by molar-refractivity contribution is 0.0951. The van der Waals surface area contributed by atoms with E-state index in [2.05, 4.69) is 30.4 Å². The molecule has 1 aliphatic rings. The lowest BCUT2D eigenvalue weighted by Crippen LogP contribution is -2.34. The number of fused-ring (bicyclic) bond motifs is 1. The maximum atomic E-state index is 13.2. The second kappa shape index (κ2) is 7.76. The number of benzene rings is 1. The summed E-state index contributed by atoms with van der Waals surface area (Å²) in [5.74, 6) is -0.294. The van der Waals surface area contributed by atoms with Crippen LogP contribution in [0.15, 0.2) is 47.4 Å². The van der Waals surface area contributed by atoms with E-state index in [1.54, 1.807) is 22.1 Å². The molecule has 0 spiro atoms. The summed E-state index contributed by atoms with van der Waals surface area (Å²) in [6.45, 7) is 4.41. The van der Waals surface area contributed by atoms with Crippen LogP contribution >= 0.6 is 11.3 Å². The normalized spacial score (nSPS) is 12.8. The average molecular weight is 393 g/mol. The van der Waals surface area contributed by atoms with Gasteiger partial charge in [0.1, 0.15) is 5.56 Å². The van der Waals surface area contributed by atoms with Gasteiger partial charge in [0.2, 0.25) is 0 Å². The Kier molecular flexibility index (Phi) is 5.18. The zero-order chi connectivity index (χ0) is 19.7. The fraction of sp³-hybridized carbons (Fsp3) is 0.304. The highest BCUT2D eigenvalue weighted by Gasteiger charge is 2.20. The maximum absolute atomic E-state index is 13.2. The Morgan fingerprint density at radius 3 is 2.79 bits per heavy atom. The van der Waals surface area contributed by atoms with Crippen molar-refractivity contribution in [3.63, 3.8) is 0 Å². The first-order valence-electron chi connectivity index (χ1n) is 9.71. The predicted octanol–water partition coefficient (Wildman–Crippen LogP) is 3.98. The molecule has 4 rings (SSSR count). The van der Waals surface area contributed by atoms with Crippen molar-refractivity contribution in [1.29, 1.82) is 0 Å². The summed E-state index contributed by atoms with van der Waals surface area (Å²) in [6.07, 6.45) is 5.71. The summed E-state index contributed by atoms with van der Waals surface area (Å²) in [5, 5.41) is 2.92. The second-order valence-electron chi connectivity index (χ2n) is 7.34. The number of nitrogens with zero attached hydrogens (tertiary/aromatic N) is 1. The van der Waals surface area contributed by atoms with Gasteiger partial charge in [0.25, 0.3) is 11.5 Å². The van der Waals surface area contributed by atoms with Crippen molar-refractivity contribution in [2.75, 3.05) is 6.54 Å². The molecule has 2 aromatic heterocycles. The lowest BCUT2D eigenvalue weighted by atomic mass is 10.1. The molecule has 1 aliphatic carbocycles. The number of aromatic nitrogens is 1. The molecule has 0 saturated heterocycles. The molecule has 0 atom stereocenters. The van der Waals surface area contributed by atoms with Gasteiger partial charge in [-0.15, -0.1) is 11.3 Å². The van der Waals surface area contributed by atoms with E-state index in [9.17, 15) is 9.59 Å². The Morgan fingerprint density at radius 1 is 1.14 bits per heavy atom. The van der Waals surface area contributed by atoms with Crippen LogP contribution in [-0.2, 0) is 19.3 Å². The molecule has 4 nitrogen and oxygen atoms in total. The smallest absolute Gasteiger partial charge is 0.268 e. The third-order valence-electron chi connectivity index (χ3n) is 5.36. The Balaban J connectivity index is 1.59. The molecule has 1 N–H and O–H groups in total. The number of pyridine rings is 1. The molecule has 28 heavy (non-hydrogen) atoms. The summed E-state index contributed by atoms with van der Waals surface area (Å²) in [4.78, 5) is 28.4. The molecule has 0 aliphatic heterocycles. The number of carbonyl (C=O) groups excluding carboxylic acids is 1. The summed E-state index contributed by atoms with van der Waals surface area (Å²) < 4.78 is 1.63. The van der Waals surface area contributed by atoms with Gasteiger partial charge in [0, 0.05) is 22.5 Å². The van der Waals surface area contributed by atoms with Crippen LogP contribution in [0.1, 0.15) is 43.2 Å². The van der Waals surface area contributed by atoms with E-state index in [4.69, 9.17) is 0 Å². The number of amides is 1. The number of hydrogen-bond acceptors (Lipinski definition) is 3. The number of aryl methyl sites for hydroxylation is 3. The Labute approximate surface area is 168 Å². The van der Waals surface area contributed by atoms with Crippen molar-refractivity contribution in [3.8, 4) is 5.69 Å². The Hall–Kier alpha value is -2.66. The van der Waals surface area contributed by atoms with Crippen LogP contribution in [-0.4, -0.2) is 17.0 Å². The number of nitrogens with one attached hydrogen (secondary N) is 1. The van der Waals surface area contributed by atoms with Crippen molar-refractivity contribution in [3.05, 3.63) is 85.0 Å². The van der Waals surface area contributed by atoms with Crippen LogP contribution in [0.2, 0.25) is 0 Å². The molecule has 0 bridgehead atoms. The maximum Gasteiger partial charge on any atom is 0.268 e. The predicted molar refractivity (Wildman–Crippen MR) is 114 cm³/mol. The minimum Gasteiger partial charge on any atom is -0.351 e. The molecule has 5 heteroatoms. The molecular weight excluding hydrogens is 368 g/mol. The summed E-state index contributed by atoms with van der Waals surface area (Å²) in [7, 11) is 0. The molecular formula is C23H24N2O2S. The number of hydrogen-bond donors (Lipinski definition) is 1. The van der Waals surface area contributed by atoms with E-state index in [1.165, 1.54) is 20.9 Å². The number of rotatable bonds is 5. The summed E-state index contributed by atoms with van der Waals surface area (Å²) >= 11 is 1.74. The highest BCUT2D eigenvalue weighted by Crippen LogP contribution is 2.27. The molecule has 0 saturated carbocycles. The highest BCUT2D eigenvalue weighted by molar-refractivity contribution is 7.11. The van der Waals surface area contributed by atoms with Crippen LogP contribution < -0.4 is 10.9 Å². The topological polar surface area (TPSA) is 51.1 Å². The van der Waals surface area contributed by atoms with Gasteiger partial charge >= 0.3 is 0 Å². The first kappa shape index (κ1) is 18.7. The van der Waals surface area contributed by atoms with Gasteiger partial charge in [-0.25, -0.2) is 0 Å². The van der Waals surface area contributed by atoms with Crippen molar-refractivity contribution >= 4 is 17.2 Å². The van der Waals surface area contributed by atoms with Crippen LogP contribution in [0, 0.1) is 13.8 Å². The fourth-order valence-corrected chi connectivity index (χ4v) is 4.81. The molecule has 2 heterocycles. The van der Waals surface area contributed by atoms with E-state index >= 15 is 0 Å². The van der Waals surface area contributed by atoms with E-state index in [1.807, 2.05) is 25.1 Å². The van der Waals surface area contributed by atoms with Gasteiger partial charge in [-0.1, -0.05) is 12.1 Å². The molecule has 144 valence electrons. The minimum absolute atomic E-state index is 0.237. The SMILES string of the molecule is Cc1ccc(CCNC(=O)c2c(C)ccn(-c3cccc4c3CCC4)c2=O)s1. The van der Waals surface area contributed by atoms with Gasteiger partial charge in [-0.05, 0) is 80.5 Å². The molecule has 0 unspecified atom stereocenters. The fourth-order valence-electron chi connectivity index (χ4n) is 3.92. The zero-order valence-electron chi connectivity index (χ0n) is 16.2. The van der Waals surface area contributed by atoms with Crippen LogP contribution in [0.4, 0.5) is 0 Å². The molecule has 1 aromatic carbocycles. The standard InChI is InChI=1S/C23H24N2O2S/c1-15-12-14-25(20-8-4-6-17-5-3-7-19(17)20)23(27)21(15)22(26)24-13-11-18-10-9-16(2)28-18/h4,6,8-10,12,14H,3,5,7,11,13H2,1-2H3,(H,24,26). The Bertz CT molecular complexity index is 1090. The largest absolute Gasteiger partial charge is 0.351 e. The summed E-state index contributed by atoms with van der Waals surface area (Å²) in [6, 6.07) is 12.1. The first-order valence-corrected chi connectivity index (χ1v) is 10.5. The minimum atomic E-state index is -0.294. The van der Waals surface area contributed by atoms with Crippen molar-refractivity contribution in [2.24, 2.45) is 0 Å². The van der Waals surface area contributed by atoms with Crippen LogP contribution in [0.5, 0.6) is 0 Å². The summed E-state index contributed by atoms with van der Waals surface area (Å²) in [5.41, 5.74) is 4.14. The van der Waals surface area contributed by atoms with Crippen molar-refractivity contribution < 1.29 is 4.79 Å². The van der Waals surface area contributed by atoms with Gasteiger partial charge < -0.3 is 5.32 Å². The number of carbonyl (C=O) groups is 1. The molecule has 0 fully saturated rings. The van der Waals surface area contributed by atoms with Gasteiger partial charge in [0.15, 0.2) is 0 Å². The molecule has 0 radical (unpaired) electrons. The van der Waals surface area contributed by atoms with Crippen molar-refractivity contribution in [1.82, 2.24) is 9.88 Å². The Morgan fingerprint density at radius 2 is 2.00 bits per heavy atom. The molecule has 3 aromatic rings. The van der Waals surface area contributed by atoms with E-state index < -0.39 is 0 Å². The van der Waals surface area contributed by atoms with E-state index in [-0.39, 0.29) is 17.0 Å². The van der Waals surface area contributed by atoms with E-state index in [0.717, 1.165) is 31.4 Å². The van der Waals surface area contributed by atoms with Gasteiger partial charge in [0.05, 0.1) is 5.69 Å². The quantitative estimate of drug-likeness (QED) is 0.714. The third-order valence-corrected chi connectivity index (χ3v) is 6.42. The highest BCUT2D eigenvalue weighted by atomic mass is 32.1. The van der Waals surface area contributed by atoms with E-state index in [0.29, 0.717) is 12.1 Å². The third kappa shape index (κ3) is 3.54. The number of thiophene rings is 1. The van der Waals surface area contributed by atoms with Gasteiger partial charge in [-0.3, -0.25) is 14.2 Å². The van der Waals surface area contributed by atoms with Crippen LogP contribution in [0.3, 0.4) is 0 Å². The monoisotopic (exact) mass is 392 g/mol. The second-order valence-corrected chi connectivity index (χ2v) is 8.71. The van der Waals surface area contributed by atoms with Crippen LogP contribution in [0.25, 0.3) is 5.69 Å². The lowest BCUT2D eigenvalue weighted by Gasteiger charge is -2.14. The molecule has 1 amide bonds. The first-order chi connectivity index (χ1) is 13.5. The zero-order valence-corrected chi connectivity index (χ0v) is 17.1. The van der Waals surface area contributed by atoms with Gasteiger partial charge in [-0.2, -0.15) is 0 Å². The van der Waals surface area contributed by atoms with Crippen molar-refractivity contribution in [2.45, 2.75) is 39.5 Å².